The van der Waals surface area contributed by atoms with Crippen LogP contribution in [-0.4, -0.2) is 9.97 Å². The Morgan fingerprint density at radius 2 is 2.10 bits per heavy atom. The van der Waals surface area contributed by atoms with Gasteiger partial charge in [0.05, 0.1) is 0 Å². The molecule has 0 amide bonds. The third-order valence-electron chi connectivity index (χ3n) is 2.85. The smallest absolute Gasteiger partial charge is 0.130 e. The average molecular weight is 311 g/mol. The molecule has 1 aromatic heterocycles. The first-order chi connectivity index (χ1) is 9.44. The van der Waals surface area contributed by atoms with Crippen LogP contribution >= 0.6 is 23.8 Å². The van der Waals surface area contributed by atoms with Crippen molar-refractivity contribution in [2.45, 2.75) is 26.7 Å². The van der Waals surface area contributed by atoms with Gasteiger partial charge in [0.25, 0.3) is 0 Å². The van der Waals surface area contributed by atoms with Crippen molar-refractivity contribution < 1.29 is 4.39 Å². The molecule has 0 aliphatic rings. The standard InChI is InChI=1S/C15H16ClFN2S/c1-9(2)5-12-8-15(20)19-14(18-12)6-10-3-4-11(17)7-13(10)16/h3-4,7-9H,5-6H2,1-2H3,(H,18,19,20). The minimum Gasteiger partial charge on any atom is -0.347 e. The Morgan fingerprint density at radius 3 is 2.75 bits per heavy atom. The number of halogens is 2. The Labute approximate surface area is 128 Å². The number of nitrogens with zero attached hydrogens (tertiary/aromatic N) is 1. The second kappa shape index (κ2) is 6.46. The van der Waals surface area contributed by atoms with Crippen LogP contribution in [0.2, 0.25) is 5.02 Å². The highest BCUT2D eigenvalue weighted by molar-refractivity contribution is 7.71. The number of aromatic amines is 1. The maximum Gasteiger partial charge on any atom is 0.130 e. The lowest BCUT2D eigenvalue weighted by Crippen LogP contribution is -2.04. The molecule has 0 saturated heterocycles. The fraction of sp³-hybridized carbons (Fsp3) is 0.333. The highest BCUT2D eigenvalue weighted by Crippen LogP contribution is 2.19. The summed E-state index contributed by atoms with van der Waals surface area (Å²) in [5.41, 5.74) is 1.89. The second-order valence-electron chi connectivity index (χ2n) is 5.20. The van der Waals surface area contributed by atoms with Crippen molar-refractivity contribution in [2.24, 2.45) is 5.92 Å². The Kier molecular flexibility index (Phi) is 4.89. The number of H-pyrrole nitrogens is 1. The van der Waals surface area contributed by atoms with Gasteiger partial charge in [0.2, 0.25) is 0 Å². The molecule has 2 nitrogen and oxygen atoms in total. The van der Waals surface area contributed by atoms with Gasteiger partial charge in [-0.2, -0.15) is 0 Å². The van der Waals surface area contributed by atoms with Gasteiger partial charge in [-0.05, 0) is 36.1 Å². The first kappa shape index (κ1) is 15.1. The topological polar surface area (TPSA) is 28.7 Å². The van der Waals surface area contributed by atoms with Crippen LogP contribution in [0.4, 0.5) is 4.39 Å². The number of aromatic nitrogens is 2. The first-order valence-electron chi connectivity index (χ1n) is 6.47. The molecule has 1 aromatic carbocycles. The fourth-order valence-corrected chi connectivity index (χ4v) is 2.53. The number of rotatable bonds is 4. The summed E-state index contributed by atoms with van der Waals surface area (Å²) in [7, 11) is 0. The number of hydrogen-bond acceptors (Lipinski definition) is 2. The molecule has 0 bridgehead atoms. The van der Waals surface area contributed by atoms with Gasteiger partial charge >= 0.3 is 0 Å². The van der Waals surface area contributed by atoms with Crippen molar-refractivity contribution in [3.63, 3.8) is 0 Å². The van der Waals surface area contributed by atoms with Crippen molar-refractivity contribution >= 4 is 23.8 Å². The van der Waals surface area contributed by atoms with Gasteiger partial charge in [-0.15, -0.1) is 0 Å². The zero-order valence-electron chi connectivity index (χ0n) is 11.4. The van der Waals surface area contributed by atoms with Crippen LogP contribution in [-0.2, 0) is 12.8 Å². The number of nitrogens with one attached hydrogen (secondary N) is 1. The van der Waals surface area contributed by atoms with Crippen LogP contribution < -0.4 is 0 Å². The molecule has 0 radical (unpaired) electrons. The van der Waals surface area contributed by atoms with Gasteiger partial charge in [0, 0.05) is 17.1 Å². The highest BCUT2D eigenvalue weighted by atomic mass is 35.5. The summed E-state index contributed by atoms with van der Waals surface area (Å²) in [5, 5.41) is 0.403. The molecular weight excluding hydrogens is 295 g/mol. The second-order valence-corrected chi connectivity index (χ2v) is 6.03. The summed E-state index contributed by atoms with van der Waals surface area (Å²) in [6, 6.07) is 6.26. The van der Waals surface area contributed by atoms with Gasteiger partial charge in [0.1, 0.15) is 16.3 Å². The molecule has 20 heavy (non-hydrogen) atoms. The minimum absolute atomic E-state index is 0.340. The van der Waals surface area contributed by atoms with Gasteiger partial charge in [-0.25, -0.2) is 9.37 Å². The van der Waals surface area contributed by atoms with Crippen molar-refractivity contribution in [3.8, 4) is 0 Å². The summed E-state index contributed by atoms with van der Waals surface area (Å²) < 4.78 is 13.6. The minimum atomic E-state index is -0.340. The molecule has 0 spiro atoms. The van der Waals surface area contributed by atoms with Crippen LogP contribution in [0.1, 0.15) is 30.9 Å². The van der Waals surface area contributed by atoms with Crippen LogP contribution in [0.25, 0.3) is 0 Å². The van der Waals surface area contributed by atoms with Gasteiger partial charge in [0.15, 0.2) is 0 Å². The molecule has 2 aromatic rings. The quantitative estimate of drug-likeness (QED) is 0.828. The van der Waals surface area contributed by atoms with E-state index in [1.54, 1.807) is 6.07 Å². The van der Waals surface area contributed by atoms with Crippen molar-refractivity contribution in [3.05, 3.63) is 56.8 Å². The van der Waals surface area contributed by atoms with E-state index in [9.17, 15) is 4.39 Å². The summed E-state index contributed by atoms with van der Waals surface area (Å²) in [4.78, 5) is 7.58. The average Bonchev–Trinajstić information content (AvgIpc) is 2.31. The third kappa shape index (κ3) is 4.12. The summed E-state index contributed by atoms with van der Waals surface area (Å²) in [5.74, 6) is 0.945. The Balaban J connectivity index is 2.29. The molecule has 0 saturated carbocycles. The molecule has 0 atom stereocenters. The van der Waals surface area contributed by atoms with E-state index in [0.29, 0.717) is 22.0 Å². The normalized spacial score (nSPS) is 11.1. The summed E-state index contributed by atoms with van der Waals surface area (Å²) in [6.07, 6.45) is 1.42. The number of hydrogen-bond donors (Lipinski definition) is 1. The predicted octanol–water partition coefficient (Wildman–Crippen LogP) is 4.72. The van der Waals surface area contributed by atoms with Crippen LogP contribution in [0, 0.1) is 16.4 Å². The van der Waals surface area contributed by atoms with Crippen LogP contribution in [0.15, 0.2) is 24.3 Å². The van der Waals surface area contributed by atoms with E-state index >= 15 is 0 Å². The monoisotopic (exact) mass is 310 g/mol. The molecule has 0 aliphatic heterocycles. The van der Waals surface area contributed by atoms with E-state index < -0.39 is 0 Å². The summed E-state index contributed by atoms with van der Waals surface area (Å²) in [6.45, 7) is 4.29. The van der Waals surface area contributed by atoms with E-state index in [4.69, 9.17) is 23.8 Å². The van der Waals surface area contributed by atoms with Gasteiger partial charge < -0.3 is 4.98 Å². The largest absolute Gasteiger partial charge is 0.347 e. The summed E-state index contributed by atoms with van der Waals surface area (Å²) >= 11 is 11.2. The zero-order valence-corrected chi connectivity index (χ0v) is 13.0. The SMILES string of the molecule is CC(C)Cc1cc(=S)nc(Cc2ccc(F)cc2Cl)[nH]1. The van der Waals surface area contributed by atoms with E-state index in [0.717, 1.165) is 23.5 Å². The van der Waals surface area contributed by atoms with E-state index in [1.807, 2.05) is 6.07 Å². The van der Waals surface area contributed by atoms with E-state index in [2.05, 4.69) is 23.8 Å². The molecule has 0 unspecified atom stereocenters. The molecule has 0 aliphatic carbocycles. The Bertz CT molecular complexity index is 667. The van der Waals surface area contributed by atoms with Crippen molar-refractivity contribution in [1.82, 2.24) is 9.97 Å². The molecule has 5 heteroatoms. The lowest BCUT2D eigenvalue weighted by atomic mass is 10.1. The predicted molar refractivity (Wildman–Crippen MR) is 82.2 cm³/mol. The highest BCUT2D eigenvalue weighted by Gasteiger charge is 2.07. The molecule has 1 N–H and O–H groups in total. The lowest BCUT2D eigenvalue weighted by Gasteiger charge is -2.09. The maximum atomic E-state index is 13.0. The zero-order chi connectivity index (χ0) is 14.7. The third-order valence-corrected chi connectivity index (χ3v) is 3.41. The Hall–Kier alpha value is -1.26. The van der Waals surface area contributed by atoms with Crippen molar-refractivity contribution in [1.29, 1.82) is 0 Å². The Morgan fingerprint density at radius 1 is 1.35 bits per heavy atom. The van der Waals surface area contributed by atoms with E-state index in [-0.39, 0.29) is 5.82 Å². The molecule has 1 heterocycles. The van der Waals surface area contributed by atoms with Crippen molar-refractivity contribution in [2.75, 3.05) is 0 Å². The van der Waals surface area contributed by atoms with Gasteiger partial charge in [-0.3, -0.25) is 0 Å². The molecule has 2 rings (SSSR count). The number of benzene rings is 1. The molecule has 0 fully saturated rings. The fourth-order valence-electron chi connectivity index (χ4n) is 2.04. The molecular formula is C15H16ClFN2S. The van der Waals surface area contributed by atoms with E-state index in [1.165, 1.54) is 12.1 Å². The lowest BCUT2D eigenvalue weighted by molar-refractivity contribution is 0.626. The van der Waals surface area contributed by atoms with Gasteiger partial charge in [-0.1, -0.05) is 43.7 Å². The van der Waals surface area contributed by atoms with Crippen LogP contribution in [0.5, 0.6) is 0 Å². The molecule has 106 valence electrons. The maximum absolute atomic E-state index is 13.0. The van der Waals surface area contributed by atoms with Crippen LogP contribution in [0.3, 0.4) is 0 Å². The first-order valence-corrected chi connectivity index (χ1v) is 7.25.